The number of nitrogens with one attached hydrogen (secondary N) is 2. The number of benzene rings is 1. The maximum atomic E-state index is 11.9. The molecule has 1 aliphatic rings. The van der Waals surface area contributed by atoms with E-state index in [1.165, 1.54) is 17.5 Å². The van der Waals surface area contributed by atoms with Crippen molar-refractivity contribution in [3.8, 4) is 0 Å². The van der Waals surface area contributed by atoms with Gasteiger partial charge < -0.3 is 10.6 Å². The summed E-state index contributed by atoms with van der Waals surface area (Å²) < 4.78 is 0. The third-order valence-corrected chi connectivity index (χ3v) is 4.29. The standard InChI is InChI=1S/C17H26N2O/c1-13-3-5-15(6-4-13)7-8-17(20)19-12-16-9-10-18-11-14(16)2/h3-6,14,16,18H,7-12H2,1-2H3,(H,19,20). The maximum Gasteiger partial charge on any atom is 0.220 e. The molecule has 1 amide bonds. The highest BCUT2D eigenvalue weighted by molar-refractivity contribution is 5.76. The average molecular weight is 274 g/mol. The molecule has 110 valence electrons. The summed E-state index contributed by atoms with van der Waals surface area (Å²) in [6.07, 6.45) is 2.58. The normalized spacial score (nSPS) is 22.5. The zero-order valence-electron chi connectivity index (χ0n) is 12.6. The van der Waals surface area contributed by atoms with Gasteiger partial charge >= 0.3 is 0 Å². The Hall–Kier alpha value is -1.35. The average Bonchev–Trinajstić information content (AvgIpc) is 2.46. The van der Waals surface area contributed by atoms with Crippen LogP contribution in [0.25, 0.3) is 0 Å². The fraction of sp³-hybridized carbons (Fsp3) is 0.588. The monoisotopic (exact) mass is 274 g/mol. The van der Waals surface area contributed by atoms with Crippen LogP contribution in [0.1, 0.15) is 30.9 Å². The highest BCUT2D eigenvalue weighted by Gasteiger charge is 2.21. The second-order valence-electron chi connectivity index (χ2n) is 6.02. The molecule has 1 aromatic carbocycles. The van der Waals surface area contributed by atoms with Crippen LogP contribution < -0.4 is 10.6 Å². The number of hydrogen-bond donors (Lipinski definition) is 2. The predicted octanol–water partition coefficient (Wildman–Crippen LogP) is 2.29. The third-order valence-electron chi connectivity index (χ3n) is 4.29. The van der Waals surface area contributed by atoms with Crippen LogP contribution in [0.5, 0.6) is 0 Å². The summed E-state index contributed by atoms with van der Waals surface area (Å²) in [5.41, 5.74) is 2.50. The number of rotatable bonds is 5. The Morgan fingerprint density at radius 3 is 2.80 bits per heavy atom. The first kappa shape index (κ1) is 15.0. The molecule has 0 saturated carbocycles. The molecular formula is C17H26N2O. The number of piperidine rings is 1. The molecule has 0 spiro atoms. The van der Waals surface area contributed by atoms with Crippen molar-refractivity contribution in [1.29, 1.82) is 0 Å². The van der Waals surface area contributed by atoms with Gasteiger partial charge in [-0.2, -0.15) is 0 Å². The second-order valence-corrected chi connectivity index (χ2v) is 6.02. The predicted molar refractivity (Wildman–Crippen MR) is 82.7 cm³/mol. The fourth-order valence-corrected chi connectivity index (χ4v) is 2.72. The van der Waals surface area contributed by atoms with Crippen LogP contribution in [0.2, 0.25) is 0 Å². The number of carbonyl (C=O) groups excluding carboxylic acids is 1. The Morgan fingerprint density at radius 1 is 1.35 bits per heavy atom. The smallest absolute Gasteiger partial charge is 0.220 e. The zero-order chi connectivity index (χ0) is 14.4. The minimum atomic E-state index is 0.177. The van der Waals surface area contributed by atoms with Crippen molar-refractivity contribution >= 4 is 5.91 Å². The molecule has 0 aromatic heterocycles. The SMILES string of the molecule is Cc1ccc(CCC(=O)NCC2CCNCC2C)cc1. The van der Waals surface area contributed by atoms with Crippen LogP contribution >= 0.6 is 0 Å². The molecule has 0 aliphatic carbocycles. The van der Waals surface area contributed by atoms with Crippen LogP contribution in [0.15, 0.2) is 24.3 Å². The van der Waals surface area contributed by atoms with Crippen molar-refractivity contribution in [3.63, 3.8) is 0 Å². The molecule has 2 rings (SSSR count). The van der Waals surface area contributed by atoms with Gasteiger partial charge in [-0.05, 0) is 50.3 Å². The summed E-state index contributed by atoms with van der Waals surface area (Å²) in [4.78, 5) is 11.9. The third kappa shape index (κ3) is 4.64. The van der Waals surface area contributed by atoms with E-state index in [4.69, 9.17) is 0 Å². The molecule has 0 bridgehead atoms. The molecule has 0 radical (unpaired) electrons. The number of hydrogen-bond acceptors (Lipinski definition) is 2. The molecule has 1 aliphatic heterocycles. The van der Waals surface area contributed by atoms with Crippen molar-refractivity contribution < 1.29 is 4.79 Å². The van der Waals surface area contributed by atoms with Crippen molar-refractivity contribution in [2.45, 2.75) is 33.1 Å². The zero-order valence-corrected chi connectivity index (χ0v) is 12.6. The van der Waals surface area contributed by atoms with E-state index in [2.05, 4.69) is 48.7 Å². The molecule has 1 aromatic rings. The molecule has 2 N–H and O–H groups in total. The summed E-state index contributed by atoms with van der Waals surface area (Å²) >= 11 is 0. The quantitative estimate of drug-likeness (QED) is 0.865. The Labute approximate surface area is 122 Å². The van der Waals surface area contributed by atoms with Crippen molar-refractivity contribution in [3.05, 3.63) is 35.4 Å². The Bertz CT molecular complexity index is 427. The number of carbonyl (C=O) groups is 1. The van der Waals surface area contributed by atoms with Crippen LogP contribution in [-0.2, 0) is 11.2 Å². The van der Waals surface area contributed by atoms with Gasteiger partial charge in [-0.15, -0.1) is 0 Å². The number of aryl methyl sites for hydroxylation is 2. The summed E-state index contributed by atoms with van der Waals surface area (Å²) in [7, 11) is 0. The van der Waals surface area contributed by atoms with E-state index in [9.17, 15) is 4.79 Å². The van der Waals surface area contributed by atoms with E-state index in [1.807, 2.05) is 0 Å². The number of amides is 1. The second kappa shape index (κ2) is 7.44. The highest BCUT2D eigenvalue weighted by atomic mass is 16.1. The summed E-state index contributed by atoms with van der Waals surface area (Å²) in [5, 5.41) is 6.49. The first-order chi connectivity index (χ1) is 9.65. The summed E-state index contributed by atoms with van der Waals surface area (Å²) in [5.74, 6) is 1.46. The van der Waals surface area contributed by atoms with E-state index in [0.29, 0.717) is 18.3 Å². The van der Waals surface area contributed by atoms with Gasteiger partial charge in [0.15, 0.2) is 0 Å². The van der Waals surface area contributed by atoms with E-state index >= 15 is 0 Å². The van der Waals surface area contributed by atoms with Gasteiger partial charge in [0, 0.05) is 13.0 Å². The first-order valence-electron chi connectivity index (χ1n) is 7.68. The molecule has 3 heteroatoms. The fourth-order valence-electron chi connectivity index (χ4n) is 2.72. The lowest BCUT2D eigenvalue weighted by atomic mass is 9.88. The van der Waals surface area contributed by atoms with Crippen molar-refractivity contribution in [1.82, 2.24) is 10.6 Å². The molecule has 3 nitrogen and oxygen atoms in total. The van der Waals surface area contributed by atoms with Gasteiger partial charge in [0.1, 0.15) is 0 Å². The van der Waals surface area contributed by atoms with Gasteiger partial charge in [-0.25, -0.2) is 0 Å². The van der Waals surface area contributed by atoms with Gasteiger partial charge in [0.05, 0.1) is 0 Å². The van der Waals surface area contributed by atoms with Gasteiger partial charge in [-0.3, -0.25) is 4.79 Å². The topological polar surface area (TPSA) is 41.1 Å². The summed E-state index contributed by atoms with van der Waals surface area (Å²) in [6, 6.07) is 8.42. The first-order valence-corrected chi connectivity index (χ1v) is 7.68. The molecule has 2 atom stereocenters. The van der Waals surface area contributed by atoms with Crippen molar-refractivity contribution in [2.24, 2.45) is 11.8 Å². The van der Waals surface area contributed by atoms with Gasteiger partial charge in [0.2, 0.25) is 5.91 Å². The molecule has 1 fully saturated rings. The van der Waals surface area contributed by atoms with Crippen LogP contribution in [0.4, 0.5) is 0 Å². The molecule has 1 saturated heterocycles. The van der Waals surface area contributed by atoms with Crippen LogP contribution in [0.3, 0.4) is 0 Å². The minimum absolute atomic E-state index is 0.177. The maximum absolute atomic E-state index is 11.9. The van der Waals surface area contributed by atoms with Crippen molar-refractivity contribution in [2.75, 3.05) is 19.6 Å². The van der Waals surface area contributed by atoms with E-state index in [0.717, 1.165) is 26.1 Å². The van der Waals surface area contributed by atoms with E-state index in [-0.39, 0.29) is 5.91 Å². The molecule has 1 heterocycles. The summed E-state index contributed by atoms with van der Waals surface area (Å²) in [6.45, 7) is 7.32. The molecular weight excluding hydrogens is 248 g/mol. The van der Waals surface area contributed by atoms with Gasteiger partial charge in [-0.1, -0.05) is 36.8 Å². The van der Waals surface area contributed by atoms with E-state index < -0.39 is 0 Å². The van der Waals surface area contributed by atoms with E-state index in [1.54, 1.807) is 0 Å². The lowest BCUT2D eigenvalue weighted by molar-refractivity contribution is -0.121. The Kier molecular flexibility index (Phi) is 5.60. The van der Waals surface area contributed by atoms with Crippen LogP contribution in [-0.4, -0.2) is 25.5 Å². The largest absolute Gasteiger partial charge is 0.356 e. The lowest BCUT2D eigenvalue weighted by Crippen LogP contribution is -2.41. The lowest BCUT2D eigenvalue weighted by Gasteiger charge is -2.29. The Balaban J connectivity index is 1.68. The molecule has 20 heavy (non-hydrogen) atoms. The van der Waals surface area contributed by atoms with Crippen LogP contribution in [0, 0.1) is 18.8 Å². The van der Waals surface area contributed by atoms with Gasteiger partial charge in [0.25, 0.3) is 0 Å². The Morgan fingerprint density at radius 2 is 2.10 bits per heavy atom. The molecule has 2 unspecified atom stereocenters. The highest BCUT2D eigenvalue weighted by Crippen LogP contribution is 2.17. The minimum Gasteiger partial charge on any atom is -0.356 e.